The first-order valence-corrected chi connectivity index (χ1v) is 9.90. The number of hydrogen-bond acceptors (Lipinski definition) is 2. The van der Waals surface area contributed by atoms with Crippen LogP contribution in [0.2, 0.25) is 5.02 Å². The van der Waals surface area contributed by atoms with Crippen LogP contribution >= 0.6 is 11.6 Å². The third-order valence-corrected chi connectivity index (χ3v) is 6.09. The number of carbonyl (C=O) groups is 1. The van der Waals surface area contributed by atoms with Crippen LogP contribution in [-0.4, -0.2) is 28.3 Å². The minimum absolute atomic E-state index is 0.226. The summed E-state index contributed by atoms with van der Waals surface area (Å²) in [7, 11) is 0. The van der Waals surface area contributed by atoms with Crippen LogP contribution in [0.4, 0.5) is 0 Å². The molecule has 0 N–H and O–H groups in total. The molecule has 6 rings (SSSR count). The molecule has 0 spiro atoms. The number of nitrogens with zero attached hydrogens (tertiary/aromatic N) is 2. The topological polar surface area (TPSA) is 25.2 Å². The molecular weight excluding hydrogens is 356 g/mol. The number of para-hydroxylation sites is 1. The Morgan fingerprint density at radius 3 is 2.52 bits per heavy atom. The summed E-state index contributed by atoms with van der Waals surface area (Å²) in [4.78, 5) is 15.0. The van der Waals surface area contributed by atoms with Gasteiger partial charge in [-0.3, -0.25) is 4.79 Å². The van der Waals surface area contributed by atoms with E-state index in [1.807, 2.05) is 12.1 Å². The van der Waals surface area contributed by atoms with Gasteiger partial charge in [0.1, 0.15) is 0 Å². The third kappa shape index (κ3) is 2.96. The van der Waals surface area contributed by atoms with Crippen molar-refractivity contribution in [2.75, 3.05) is 13.1 Å². The number of hydrogen-bond donors (Lipinski definition) is 0. The maximum atomic E-state index is 12.7. The Balaban J connectivity index is 1.56. The molecular formula is C23H21ClN2O. The van der Waals surface area contributed by atoms with Crippen molar-refractivity contribution in [2.45, 2.75) is 19.4 Å². The summed E-state index contributed by atoms with van der Waals surface area (Å²) in [6.45, 7) is 2.79. The maximum absolute atomic E-state index is 12.7. The van der Waals surface area contributed by atoms with Crippen LogP contribution in [0.1, 0.15) is 24.0 Å². The summed E-state index contributed by atoms with van der Waals surface area (Å²) in [5, 5.41) is 1.94. The number of fused-ring (bicyclic) bond motifs is 4. The Labute approximate surface area is 163 Å². The van der Waals surface area contributed by atoms with E-state index < -0.39 is 0 Å². The van der Waals surface area contributed by atoms with Gasteiger partial charge in [0.05, 0.1) is 5.70 Å². The van der Waals surface area contributed by atoms with Gasteiger partial charge in [-0.1, -0.05) is 41.9 Å². The van der Waals surface area contributed by atoms with E-state index >= 15 is 0 Å². The molecule has 3 aliphatic heterocycles. The average Bonchev–Trinajstić information content (AvgIpc) is 3.04. The zero-order valence-electron chi connectivity index (χ0n) is 15.1. The van der Waals surface area contributed by atoms with Crippen LogP contribution in [0.25, 0.3) is 17.0 Å². The second kappa shape index (κ2) is 6.58. The Bertz CT molecular complexity index is 1040. The SMILES string of the molecule is O=C1/C(=C/c2cn(Cc3ccc(Cl)cc3)c3ccccc23)N2CCC1CC2. The quantitative estimate of drug-likeness (QED) is 0.602. The van der Waals surface area contributed by atoms with Crippen molar-refractivity contribution in [1.29, 1.82) is 0 Å². The lowest BCUT2D eigenvalue weighted by Gasteiger charge is -2.41. The van der Waals surface area contributed by atoms with Gasteiger partial charge in [-0.05, 0) is 42.7 Å². The van der Waals surface area contributed by atoms with Crippen molar-refractivity contribution in [3.63, 3.8) is 0 Å². The van der Waals surface area contributed by atoms with E-state index in [0.29, 0.717) is 5.78 Å². The zero-order valence-corrected chi connectivity index (χ0v) is 15.8. The second-order valence-corrected chi connectivity index (χ2v) is 7.95. The van der Waals surface area contributed by atoms with Crippen molar-refractivity contribution < 1.29 is 4.79 Å². The summed E-state index contributed by atoms with van der Waals surface area (Å²) in [5.74, 6) is 0.547. The molecule has 2 bridgehead atoms. The summed E-state index contributed by atoms with van der Waals surface area (Å²) >= 11 is 6.02. The number of rotatable bonds is 3. The van der Waals surface area contributed by atoms with E-state index in [9.17, 15) is 4.79 Å². The molecule has 0 amide bonds. The fourth-order valence-corrected chi connectivity index (χ4v) is 4.49. The normalized spacial score (nSPS) is 18.8. The van der Waals surface area contributed by atoms with Gasteiger partial charge in [-0.15, -0.1) is 0 Å². The molecule has 4 heterocycles. The number of aromatic nitrogens is 1. The highest BCUT2D eigenvalue weighted by Crippen LogP contribution is 2.34. The fourth-order valence-electron chi connectivity index (χ4n) is 4.36. The minimum atomic E-state index is 0.226. The monoisotopic (exact) mass is 376 g/mol. The Morgan fingerprint density at radius 1 is 1.04 bits per heavy atom. The molecule has 1 aromatic heterocycles. The van der Waals surface area contributed by atoms with Crippen LogP contribution < -0.4 is 0 Å². The van der Waals surface area contributed by atoms with E-state index in [1.165, 1.54) is 16.5 Å². The number of ketones is 1. The Kier molecular flexibility index (Phi) is 4.05. The first-order valence-electron chi connectivity index (χ1n) is 9.52. The number of Topliss-reactive ketones (excluding diaryl/α,β-unsaturated/α-hetero) is 1. The van der Waals surface area contributed by atoms with Gasteiger partial charge in [-0.2, -0.15) is 0 Å². The van der Waals surface area contributed by atoms with Crippen LogP contribution in [0.15, 0.2) is 60.4 Å². The second-order valence-electron chi connectivity index (χ2n) is 7.51. The molecule has 3 saturated heterocycles. The van der Waals surface area contributed by atoms with E-state index in [0.717, 1.165) is 48.8 Å². The summed E-state index contributed by atoms with van der Waals surface area (Å²) in [6, 6.07) is 16.4. The Morgan fingerprint density at radius 2 is 1.78 bits per heavy atom. The van der Waals surface area contributed by atoms with Crippen LogP contribution in [-0.2, 0) is 11.3 Å². The van der Waals surface area contributed by atoms with Crippen LogP contribution in [0.3, 0.4) is 0 Å². The number of piperidine rings is 3. The molecule has 0 radical (unpaired) electrons. The summed E-state index contributed by atoms with van der Waals surface area (Å²) in [5.41, 5.74) is 4.40. The molecule has 0 unspecified atom stereocenters. The van der Waals surface area contributed by atoms with Crippen molar-refractivity contribution >= 4 is 34.4 Å². The highest BCUT2D eigenvalue weighted by molar-refractivity contribution is 6.30. The van der Waals surface area contributed by atoms with Crippen molar-refractivity contribution in [3.8, 4) is 0 Å². The number of carbonyl (C=O) groups excluding carboxylic acids is 1. The number of benzene rings is 2. The van der Waals surface area contributed by atoms with Gasteiger partial charge in [0.25, 0.3) is 0 Å². The number of allylic oxidation sites excluding steroid dienone is 1. The molecule has 3 nitrogen and oxygen atoms in total. The third-order valence-electron chi connectivity index (χ3n) is 5.84. The number of halogens is 1. The lowest BCUT2D eigenvalue weighted by molar-refractivity contribution is -0.125. The molecule has 3 aliphatic rings. The Hall–Kier alpha value is -2.52. The molecule has 136 valence electrons. The lowest BCUT2D eigenvalue weighted by Crippen LogP contribution is -2.45. The summed E-state index contributed by atoms with van der Waals surface area (Å²) in [6.07, 6.45) is 6.29. The minimum Gasteiger partial charge on any atom is -0.369 e. The maximum Gasteiger partial charge on any atom is 0.182 e. The van der Waals surface area contributed by atoms with Gasteiger partial charge in [0, 0.05) is 53.2 Å². The smallest absolute Gasteiger partial charge is 0.182 e. The van der Waals surface area contributed by atoms with Crippen molar-refractivity contribution in [1.82, 2.24) is 9.47 Å². The summed E-state index contributed by atoms with van der Waals surface area (Å²) < 4.78 is 2.26. The fraction of sp³-hybridized carbons (Fsp3) is 0.261. The van der Waals surface area contributed by atoms with Crippen LogP contribution in [0.5, 0.6) is 0 Å². The van der Waals surface area contributed by atoms with Crippen molar-refractivity contribution in [2.24, 2.45) is 5.92 Å². The molecule has 3 aromatic rings. The highest BCUT2D eigenvalue weighted by Gasteiger charge is 2.36. The standard InChI is InChI=1S/C23H21ClN2O/c24-19-7-5-16(6-8-19)14-26-15-18(20-3-1-2-4-21(20)26)13-22-23(27)17-9-11-25(22)12-10-17/h1-8,13,15,17H,9-12,14H2/b22-13-. The molecule has 0 aliphatic carbocycles. The van der Waals surface area contributed by atoms with Gasteiger partial charge in [0.2, 0.25) is 0 Å². The van der Waals surface area contributed by atoms with Gasteiger partial charge >= 0.3 is 0 Å². The predicted octanol–water partition coefficient (Wildman–Crippen LogP) is 4.98. The highest BCUT2D eigenvalue weighted by atomic mass is 35.5. The molecule has 3 fully saturated rings. The zero-order chi connectivity index (χ0) is 18.4. The van der Waals surface area contributed by atoms with E-state index in [1.54, 1.807) is 0 Å². The van der Waals surface area contributed by atoms with Gasteiger partial charge < -0.3 is 9.47 Å². The van der Waals surface area contributed by atoms with Crippen LogP contribution in [0, 0.1) is 5.92 Å². The molecule has 0 saturated carbocycles. The van der Waals surface area contributed by atoms with E-state index in [-0.39, 0.29) is 5.92 Å². The predicted molar refractivity (Wildman–Crippen MR) is 110 cm³/mol. The first kappa shape index (κ1) is 16.6. The molecule has 0 atom stereocenters. The largest absolute Gasteiger partial charge is 0.369 e. The lowest BCUT2D eigenvalue weighted by atomic mass is 9.84. The molecule has 27 heavy (non-hydrogen) atoms. The van der Waals surface area contributed by atoms with Gasteiger partial charge in [0.15, 0.2) is 5.78 Å². The molecule has 4 heteroatoms. The van der Waals surface area contributed by atoms with E-state index in [2.05, 4.69) is 58.1 Å². The molecule has 2 aromatic carbocycles. The average molecular weight is 377 g/mol. The van der Waals surface area contributed by atoms with Gasteiger partial charge in [-0.25, -0.2) is 0 Å². The van der Waals surface area contributed by atoms with Crippen molar-refractivity contribution in [3.05, 3.63) is 76.6 Å². The first-order chi connectivity index (χ1) is 13.2. The van der Waals surface area contributed by atoms with E-state index in [4.69, 9.17) is 11.6 Å².